The van der Waals surface area contributed by atoms with Crippen molar-refractivity contribution in [2.45, 2.75) is 19.8 Å². The Labute approximate surface area is 112 Å². The van der Waals surface area contributed by atoms with Gasteiger partial charge in [0.2, 0.25) is 11.8 Å². The van der Waals surface area contributed by atoms with Crippen LogP contribution in [0.4, 0.5) is 13.2 Å². The zero-order chi connectivity index (χ0) is 14.6. The zero-order valence-corrected chi connectivity index (χ0v) is 10.6. The third kappa shape index (κ3) is 3.95. The summed E-state index contributed by atoms with van der Waals surface area (Å²) in [7, 11) is 0. The number of nitrogens with one attached hydrogen (secondary N) is 1. The summed E-state index contributed by atoms with van der Waals surface area (Å²) in [6, 6.07) is 5.23. The summed E-state index contributed by atoms with van der Waals surface area (Å²) in [5.74, 6) is 0.363. The van der Waals surface area contributed by atoms with E-state index in [2.05, 4.69) is 20.3 Å². The lowest BCUT2D eigenvalue weighted by Crippen LogP contribution is -2.16. The third-order valence-electron chi connectivity index (χ3n) is 2.33. The second-order valence-electron chi connectivity index (χ2n) is 3.85. The first-order valence-corrected chi connectivity index (χ1v) is 5.87. The molecule has 2 rings (SSSR count). The van der Waals surface area contributed by atoms with E-state index < -0.39 is 6.36 Å². The Morgan fingerprint density at radius 1 is 1.20 bits per heavy atom. The molecule has 0 saturated carbocycles. The number of hydrogen-bond acceptors (Lipinski definition) is 5. The van der Waals surface area contributed by atoms with Crippen molar-refractivity contribution in [1.82, 2.24) is 15.5 Å². The van der Waals surface area contributed by atoms with Crippen LogP contribution < -0.4 is 10.1 Å². The van der Waals surface area contributed by atoms with Crippen molar-refractivity contribution in [2.24, 2.45) is 0 Å². The van der Waals surface area contributed by atoms with E-state index in [1.165, 1.54) is 24.3 Å². The smallest absolute Gasteiger partial charge is 0.419 e. The van der Waals surface area contributed by atoms with Crippen molar-refractivity contribution in [3.8, 4) is 17.2 Å². The number of alkyl halides is 3. The second-order valence-corrected chi connectivity index (χ2v) is 3.85. The van der Waals surface area contributed by atoms with Crippen LogP contribution in [-0.4, -0.2) is 23.1 Å². The molecule has 2 aromatic rings. The van der Waals surface area contributed by atoms with Crippen LogP contribution in [0.25, 0.3) is 11.5 Å². The molecule has 0 aliphatic carbocycles. The lowest BCUT2D eigenvalue weighted by atomic mass is 10.2. The van der Waals surface area contributed by atoms with Gasteiger partial charge in [0.1, 0.15) is 5.75 Å². The molecule has 0 radical (unpaired) electrons. The molecule has 0 spiro atoms. The first-order valence-electron chi connectivity index (χ1n) is 5.87. The average molecular weight is 287 g/mol. The SMILES string of the molecule is CCNCc1nnc(-c2ccc(OC(F)(F)F)cc2)o1. The summed E-state index contributed by atoms with van der Waals surface area (Å²) >= 11 is 0. The highest BCUT2D eigenvalue weighted by Crippen LogP contribution is 2.25. The van der Waals surface area contributed by atoms with Gasteiger partial charge in [0.25, 0.3) is 0 Å². The maximum Gasteiger partial charge on any atom is 0.573 e. The predicted molar refractivity (Wildman–Crippen MR) is 63.8 cm³/mol. The topological polar surface area (TPSA) is 60.2 Å². The number of hydrogen-bond donors (Lipinski definition) is 1. The fraction of sp³-hybridized carbons (Fsp3) is 0.333. The summed E-state index contributed by atoms with van der Waals surface area (Å²) in [4.78, 5) is 0. The van der Waals surface area contributed by atoms with Crippen molar-refractivity contribution in [2.75, 3.05) is 6.54 Å². The van der Waals surface area contributed by atoms with E-state index >= 15 is 0 Å². The Balaban J connectivity index is 2.07. The molecule has 0 amide bonds. The molecule has 1 aromatic heterocycles. The lowest BCUT2D eigenvalue weighted by molar-refractivity contribution is -0.274. The number of aromatic nitrogens is 2. The maximum absolute atomic E-state index is 12.0. The molecule has 1 heterocycles. The standard InChI is InChI=1S/C12H12F3N3O2/c1-2-16-7-10-17-18-11(19-10)8-3-5-9(6-4-8)20-12(13,14)15/h3-6,16H,2,7H2,1H3. The van der Waals surface area contributed by atoms with Crippen molar-refractivity contribution >= 4 is 0 Å². The average Bonchev–Trinajstić information content (AvgIpc) is 2.84. The van der Waals surface area contributed by atoms with Crippen molar-refractivity contribution in [3.05, 3.63) is 30.2 Å². The highest BCUT2D eigenvalue weighted by molar-refractivity contribution is 5.53. The minimum Gasteiger partial charge on any atom is -0.419 e. The van der Waals surface area contributed by atoms with Gasteiger partial charge in [-0.1, -0.05) is 6.92 Å². The molecule has 0 saturated heterocycles. The van der Waals surface area contributed by atoms with Crippen LogP contribution in [0.5, 0.6) is 5.75 Å². The van der Waals surface area contributed by atoms with Gasteiger partial charge in [0.05, 0.1) is 6.54 Å². The first-order chi connectivity index (χ1) is 9.48. The first kappa shape index (κ1) is 14.3. The van der Waals surface area contributed by atoms with Gasteiger partial charge in [-0.3, -0.25) is 0 Å². The van der Waals surface area contributed by atoms with Crippen LogP contribution >= 0.6 is 0 Å². The van der Waals surface area contributed by atoms with E-state index in [4.69, 9.17) is 4.42 Å². The predicted octanol–water partition coefficient (Wildman–Crippen LogP) is 2.74. The van der Waals surface area contributed by atoms with Crippen molar-refractivity contribution in [1.29, 1.82) is 0 Å². The summed E-state index contributed by atoms with van der Waals surface area (Å²) in [5.41, 5.74) is 0.523. The van der Waals surface area contributed by atoms with Gasteiger partial charge in [-0.15, -0.1) is 23.4 Å². The van der Waals surface area contributed by atoms with E-state index in [1.54, 1.807) is 0 Å². The molecular formula is C12H12F3N3O2. The highest BCUT2D eigenvalue weighted by atomic mass is 19.4. The molecular weight excluding hydrogens is 275 g/mol. The number of halogens is 3. The molecule has 0 aliphatic heterocycles. The number of nitrogens with zero attached hydrogens (tertiary/aromatic N) is 2. The van der Waals surface area contributed by atoms with Crippen LogP contribution in [0.2, 0.25) is 0 Å². The third-order valence-corrected chi connectivity index (χ3v) is 2.33. The molecule has 0 unspecified atom stereocenters. The monoisotopic (exact) mass is 287 g/mol. The maximum atomic E-state index is 12.0. The fourth-order valence-corrected chi connectivity index (χ4v) is 1.47. The van der Waals surface area contributed by atoms with Gasteiger partial charge in [-0.2, -0.15) is 0 Å². The van der Waals surface area contributed by atoms with Crippen LogP contribution in [0.3, 0.4) is 0 Å². The Morgan fingerprint density at radius 2 is 1.90 bits per heavy atom. The minimum absolute atomic E-state index is 0.247. The van der Waals surface area contributed by atoms with Gasteiger partial charge in [-0.25, -0.2) is 0 Å². The van der Waals surface area contributed by atoms with Gasteiger partial charge >= 0.3 is 6.36 Å². The van der Waals surface area contributed by atoms with Gasteiger partial charge < -0.3 is 14.5 Å². The normalized spacial score (nSPS) is 11.6. The lowest BCUT2D eigenvalue weighted by Gasteiger charge is -2.08. The minimum atomic E-state index is -4.70. The Morgan fingerprint density at radius 3 is 2.50 bits per heavy atom. The Bertz CT molecular complexity index is 552. The molecule has 8 heteroatoms. The second kappa shape index (κ2) is 5.91. The van der Waals surface area contributed by atoms with Gasteiger partial charge in [0, 0.05) is 5.56 Å². The van der Waals surface area contributed by atoms with Crippen molar-refractivity contribution in [3.63, 3.8) is 0 Å². The van der Waals surface area contributed by atoms with E-state index in [-0.39, 0.29) is 11.6 Å². The van der Waals surface area contributed by atoms with E-state index in [0.29, 0.717) is 18.0 Å². The molecule has 0 atom stereocenters. The Kier molecular flexibility index (Phi) is 4.23. The van der Waals surface area contributed by atoms with E-state index in [0.717, 1.165) is 6.54 Å². The van der Waals surface area contributed by atoms with Gasteiger partial charge in [0.15, 0.2) is 0 Å². The molecule has 1 aromatic carbocycles. The molecule has 108 valence electrons. The number of benzene rings is 1. The van der Waals surface area contributed by atoms with Crippen LogP contribution in [0.15, 0.2) is 28.7 Å². The highest BCUT2D eigenvalue weighted by Gasteiger charge is 2.31. The molecule has 20 heavy (non-hydrogen) atoms. The zero-order valence-electron chi connectivity index (χ0n) is 10.6. The quantitative estimate of drug-likeness (QED) is 0.916. The summed E-state index contributed by atoms with van der Waals surface area (Å²) in [6.45, 7) is 3.15. The molecule has 5 nitrogen and oxygen atoms in total. The van der Waals surface area contributed by atoms with Crippen LogP contribution in [0.1, 0.15) is 12.8 Å². The molecule has 0 aliphatic rings. The van der Waals surface area contributed by atoms with Gasteiger partial charge in [-0.05, 0) is 30.8 Å². The summed E-state index contributed by atoms with van der Waals surface area (Å²) in [6.07, 6.45) is -4.70. The van der Waals surface area contributed by atoms with E-state index in [1.807, 2.05) is 6.92 Å². The largest absolute Gasteiger partial charge is 0.573 e. The number of ether oxygens (including phenoxy) is 1. The summed E-state index contributed by atoms with van der Waals surface area (Å²) in [5, 5.41) is 10.7. The van der Waals surface area contributed by atoms with E-state index in [9.17, 15) is 13.2 Å². The molecule has 0 fully saturated rings. The summed E-state index contributed by atoms with van der Waals surface area (Å²) < 4.78 is 45.2. The molecule has 1 N–H and O–H groups in total. The molecule has 0 bridgehead atoms. The number of rotatable bonds is 5. The van der Waals surface area contributed by atoms with Crippen molar-refractivity contribution < 1.29 is 22.3 Å². The van der Waals surface area contributed by atoms with Crippen LogP contribution in [-0.2, 0) is 6.54 Å². The van der Waals surface area contributed by atoms with Crippen LogP contribution in [0, 0.1) is 0 Å². The fourth-order valence-electron chi connectivity index (χ4n) is 1.47. The Hall–Kier alpha value is -2.09.